The molecule has 21 heavy (non-hydrogen) atoms. The Hall–Kier alpha value is -0.980. The number of fused-ring (bicyclic) bond motifs is 1. The molecule has 3 atom stereocenters. The predicted octanol–water partition coefficient (Wildman–Crippen LogP) is 1.42. The minimum Gasteiger partial charge on any atom is -0.380 e. The van der Waals surface area contributed by atoms with Crippen LogP contribution in [0, 0.1) is 6.92 Å². The molecule has 3 aliphatic heterocycles. The summed E-state index contributed by atoms with van der Waals surface area (Å²) in [6, 6.07) is 1.29. The van der Waals surface area contributed by atoms with Crippen LogP contribution in [0.1, 0.15) is 30.0 Å². The second-order valence-electron chi connectivity index (χ2n) is 6.26. The molecule has 4 heterocycles. The first-order valence-electron chi connectivity index (χ1n) is 7.76. The number of carbonyl (C=O) groups excluding carboxylic acids is 1. The monoisotopic (exact) mass is 307 g/mol. The Morgan fingerprint density at radius 3 is 3.05 bits per heavy atom. The molecule has 114 valence electrons. The highest BCUT2D eigenvalue weighted by Crippen LogP contribution is 2.36. The van der Waals surface area contributed by atoms with Crippen LogP contribution in [0.25, 0.3) is 0 Å². The smallest absolute Gasteiger partial charge is 0.224 e. The van der Waals surface area contributed by atoms with Crippen molar-refractivity contribution in [2.45, 2.75) is 50.9 Å². The number of amides is 1. The van der Waals surface area contributed by atoms with Gasteiger partial charge in [-0.25, -0.2) is 4.98 Å². The SMILES string of the molecule is Cc1nc(CN2C(=O)C[C@H]3[C@H]2CCN3C2CCOC2)cs1. The van der Waals surface area contributed by atoms with Crippen LogP contribution in [0.3, 0.4) is 0 Å². The maximum atomic E-state index is 12.4. The van der Waals surface area contributed by atoms with Crippen molar-refractivity contribution < 1.29 is 9.53 Å². The molecule has 0 saturated carbocycles. The molecule has 0 radical (unpaired) electrons. The second-order valence-corrected chi connectivity index (χ2v) is 7.32. The minimum absolute atomic E-state index is 0.291. The summed E-state index contributed by atoms with van der Waals surface area (Å²) >= 11 is 1.66. The van der Waals surface area contributed by atoms with Gasteiger partial charge in [-0.1, -0.05) is 0 Å². The van der Waals surface area contributed by atoms with E-state index in [1.165, 1.54) is 0 Å². The molecule has 3 aliphatic rings. The largest absolute Gasteiger partial charge is 0.380 e. The molecular formula is C15H21N3O2S. The number of aromatic nitrogens is 1. The number of likely N-dealkylation sites (tertiary alicyclic amines) is 2. The summed E-state index contributed by atoms with van der Waals surface area (Å²) in [5.41, 5.74) is 1.04. The summed E-state index contributed by atoms with van der Waals surface area (Å²) in [6.07, 6.45) is 2.88. The van der Waals surface area contributed by atoms with Crippen LogP contribution in [-0.4, -0.2) is 58.6 Å². The number of carbonyl (C=O) groups is 1. The summed E-state index contributed by atoms with van der Waals surface area (Å²) in [5, 5.41) is 3.15. The van der Waals surface area contributed by atoms with Crippen molar-refractivity contribution >= 4 is 17.2 Å². The third-order valence-corrected chi connectivity index (χ3v) is 5.85. The molecule has 3 fully saturated rings. The fraction of sp³-hybridized carbons (Fsp3) is 0.733. The van der Waals surface area contributed by atoms with E-state index in [-0.39, 0.29) is 0 Å². The van der Waals surface area contributed by atoms with Crippen molar-refractivity contribution in [2.75, 3.05) is 19.8 Å². The topological polar surface area (TPSA) is 45.7 Å². The summed E-state index contributed by atoms with van der Waals surface area (Å²) in [5.74, 6) is 0.291. The fourth-order valence-electron chi connectivity index (χ4n) is 4.06. The zero-order valence-corrected chi connectivity index (χ0v) is 13.1. The van der Waals surface area contributed by atoms with Gasteiger partial charge in [0, 0.05) is 43.1 Å². The predicted molar refractivity (Wildman–Crippen MR) is 80.1 cm³/mol. The molecule has 0 aromatic carbocycles. The van der Waals surface area contributed by atoms with Gasteiger partial charge in [0.1, 0.15) is 0 Å². The molecule has 1 aromatic rings. The molecule has 1 amide bonds. The van der Waals surface area contributed by atoms with Gasteiger partial charge in [0.25, 0.3) is 0 Å². The highest BCUT2D eigenvalue weighted by molar-refractivity contribution is 7.09. The number of aryl methyl sites for hydroxylation is 1. The van der Waals surface area contributed by atoms with Crippen molar-refractivity contribution in [3.63, 3.8) is 0 Å². The molecule has 0 bridgehead atoms. The minimum atomic E-state index is 0.291. The number of ether oxygens (including phenoxy) is 1. The third-order valence-electron chi connectivity index (χ3n) is 5.03. The standard InChI is InChI=1S/C15H21N3O2S/c1-10-16-11(9-21-10)7-18-13-2-4-17(12-3-5-20-8-12)14(13)6-15(18)19/h9,12-14H,2-8H2,1H3/t12?,13-,14+/m1/s1. The van der Waals surface area contributed by atoms with E-state index in [0.29, 0.717) is 37.0 Å². The Labute approximate surface area is 128 Å². The van der Waals surface area contributed by atoms with Gasteiger partial charge in [-0.2, -0.15) is 0 Å². The number of hydrogen-bond acceptors (Lipinski definition) is 5. The number of rotatable bonds is 3. The molecule has 5 nitrogen and oxygen atoms in total. The molecule has 4 rings (SSSR count). The molecule has 1 aromatic heterocycles. The first-order valence-corrected chi connectivity index (χ1v) is 8.64. The van der Waals surface area contributed by atoms with E-state index in [4.69, 9.17) is 4.74 Å². The molecule has 0 N–H and O–H groups in total. The van der Waals surface area contributed by atoms with Crippen LogP contribution >= 0.6 is 11.3 Å². The Balaban J connectivity index is 1.48. The first-order chi connectivity index (χ1) is 10.2. The van der Waals surface area contributed by atoms with Crippen LogP contribution < -0.4 is 0 Å². The van der Waals surface area contributed by atoms with Crippen molar-refractivity contribution in [3.8, 4) is 0 Å². The van der Waals surface area contributed by atoms with E-state index in [2.05, 4.69) is 20.2 Å². The summed E-state index contributed by atoms with van der Waals surface area (Å²) in [6.45, 7) is 5.50. The van der Waals surface area contributed by atoms with E-state index in [9.17, 15) is 4.79 Å². The van der Waals surface area contributed by atoms with Crippen molar-refractivity contribution in [1.82, 2.24) is 14.8 Å². The van der Waals surface area contributed by atoms with Crippen LogP contribution in [0.2, 0.25) is 0 Å². The molecular weight excluding hydrogens is 286 g/mol. The third kappa shape index (κ3) is 2.39. The number of thiazole rings is 1. The summed E-state index contributed by atoms with van der Waals surface area (Å²) in [7, 11) is 0. The van der Waals surface area contributed by atoms with Crippen LogP contribution in [0.5, 0.6) is 0 Å². The highest BCUT2D eigenvalue weighted by Gasteiger charge is 2.48. The fourth-order valence-corrected chi connectivity index (χ4v) is 4.66. The van der Waals surface area contributed by atoms with E-state index < -0.39 is 0 Å². The Morgan fingerprint density at radius 2 is 2.33 bits per heavy atom. The first kappa shape index (κ1) is 13.7. The van der Waals surface area contributed by atoms with Crippen LogP contribution in [-0.2, 0) is 16.1 Å². The highest BCUT2D eigenvalue weighted by atomic mass is 32.1. The molecule has 3 saturated heterocycles. The van der Waals surface area contributed by atoms with E-state index in [0.717, 1.165) is 43.3 Å². The van der Waals surface area contributed by atoms with E-state index in [1.807, 2.05) is 6.92 Å². The van der Waals surface area contributed by atoms with Gasteiger partial charge < -0.3 is 9.64 Å². The Bertz CT molecular complexity index is 541. The van der Waals surface area contributed by atoms with Gasteiger partial charge >= 0.3 is 0 Å². The lowest BCUT2D eigenvalue weighted by molar-refractivity contribution is -0.129. The summed E-state index contributed by atoms with van der Waals surface area (Å²) < 4.78 is 5.52. The molecule has 6 heteroatoms. The molecule has 0 spiro atoms. The van der Waals surface area contributed by atoms with Gasteiger partial charge in [0.15, 0.2) is 0 Å². The van der Waals surface area contributed by atoms with Crippen LogP contribution in [0.4, 0.5) is 0 Å². The molecule has 1 unspecified atom stereocenters. The molecule has 0 aliphatic carbocycles. The van der Waals surface area contributed by atoms with Crippen LogP contribution in [0.15, 0.2) is 5.38 Å². The average Bonchev–Trinajstić information content (AvgIpc) is 3.18. The lowest BCUT2D eigenvalue weighted by Gasteiger charge is -2.28. The normalized spacial score (nSPS) is 33.1. The van der Waals surface area contributed by atoms with E-state index in [1.54, 1.807) is 11.3 Å². The summed E-state index contributed by atoms with van der Waals surface area (Å²) in [4.78, 5) is 21.5. The number of hydrogen-bond donors (Lipinski definition) is 0. The van der Waals surface area contributed by atoms with Gasteiger partial charge in [0.2, 0.25) is 5.91 Å². The Kier molecular flexibility index (Phi) is 3.47. The lowest BCUT2D eigenvalue weighted by Crippen LogP contribution is -2.42. The zero-order chi connectivity index (χ0) is 14.4. The second kappa shape index (κ2) is 5.34. The van der Waals surface area contributed by atoms with E-state index >= 15 is 0 Å². The maximum absolute atomic E-state index is 12.4. The van der Waals surface area contributed by atoms with Gasteiger partial charge in [-0.3, -0.25) is 9.69 Å². The maximum Gasteiger partial charge on any atom is 0.224 e. The van der Waals surface area contributed by atoms with Crippen molar-refractivity contribution in [2.24, 2.45) is 0 Å². The zero-order valence-electron chi connectivity index (χ0n) is 12.3. The quantitative estimate of drug-likeness (QED) is 0.847. The van der Waals surface area contributed by atoms with Crippen molar-refractivity contribution in [3.05, 3.63) is 16.1 Å². The Morgan fingerprint density at radius 1 is 1.43 bits per heavy atom. The van der Waals surface area contributed by atoms with Crippen molar-refractivity contribution in [1.29, 1.82) is 0 Å². The average molecular weight is 307 g/mol. The van der Waals surface area contributed by atoms with Gasteiger partial charge in [-0.15, -0.1) is 11.3 Å². The van der Waals surface area contributed by atoms with Gasteiger partial charge in [-0.05, 0) is 19.8 Å². The lowest BCUT2D eigenvalue weighted by atomic mass is 10.1. The van der Waals surface area contributed by atoms with Gasteiger partial charge in [0.05, 0.1) is 23.9 Å². The number of nitrogens with zero attached hydrogens (tertiary/aromatic N) is 3.